The van der Waals surface area contributed by atoms with Gasteiger partial charge < -0.3 is 5.32 Å². The van der Waals surface area contributed by atoms with E-state index in [4.69, 9.17) is 11.6 Å². The second-order valence-electron chi connectivity index (χ2n) is 4.28. The Morgan fingerprint density at radius 1 is 1.39 bits per heavy atom. The molecular formula is C13H15BrClN3. The summed E-state index contributed by atoms with van der Waals surface area (Å²) in [5.74, 6) is 0. The molecule has 0 aliphatic rings. The fourth-order valence-electron chi connectivity index (χ4n) is 1.84. The van der Waals surface area contributed by atoms with Gasteiger partial charge >= 0.3 is 0 Å². The Bertz CT molecular complexity index is 578. The molecule has 0 atom stereocenters. The lowest BCUT2D eigenvalue weighted by atomic mass is 10.2. The number of aryl methyl sites for hydroxylation is 3. The summed E-state index contributed by atoms with van der Waals surface area (Å²) in [6.07, 6.45) is 0. The molecule has 5 heteroatoms. The lowest BCUT2D eigenvalue weighted by Gasteiger charge is -2.10. The van der Waals surface area contributed by atoms with Gasteiger partial charge in [-0.3, -0.25) is 4.68 Å². The van der Waals surface area contributed by atoms with Crippen molar-refractivity contribution in [2.24, 2.45) is 7.05 Å². The monoisotopic (exact) mass is 327 g/mol. The van der Waals surface area contributed by atoms with Crippen LogP contribution in [0.15, 0.2) is 22.7 Å². The van der Waals surface area contributed by atoms with Gasteiger partial charge in [0, 0.05) is 17.8 Å². The average Bonchev–Trinajstić information content (AvgIpc) is 2.55. The minimum absolute atomic E-state index is 0.707. The number of anilines is 1. The van der Waals surface area contributed by atoms with Crippen LogP contribution in [-0.4, -0.2) is 9.78 Å². The fraction of sp³-hybridized carbons (Fsp3) is 0.308. The summed E-state index contributed by atoms with van der Waals surface area (Å²) in [6, 6.07) is 5.84. The van der Waals surface area contributed by atoms with Crippen LogP contribution in [0.4, 0.5) is 5.69 Å². The summed E-state index contributed by atoms with van der Waals surface area (Å²) in [5.41, 5.74) is 4.34. The van der Waals surface area contributed by atoms with E-state index >= 15 is 0 Å². The highest BCUT2D eigenvalue weighted by Crippen LogP contribution is 2.24. The Morgan fingerprint density at radius 3 is 2.72 bits per heavy atom. The van der Waals surface area contributed by atoms with Gasteiger partial charge in [-0.15, -0.1) is 0 Å². The van der Waals surface area contributed by atoms with E-state index in [1.165, 1.54) is 5.56 Å². The molecule has 96 valence electrons. The maximum atomic E-state index is 6.00. The Balaban J connectivity index is 2.19. The zero-order valence-corrected chi connectivity index (χ0v) is 12.9. The number of aromatic nitrogens is 2. The van der Waals surface area contributed by atoms with E-state index in [0.29, 0.717) is 6.54 Å². The third-order valence-electron chi connectivity index (χ3n) is 2.91. The van der Waals surface area contributed by atoms with E-state index in [-0.39, 0.29) is 0 Å². The van der Waals surface area contributed by atoms with Gasteiger partial charge in [0.2, 0.25) is 0 Å². The predicted molar refractivity (Wildman–Crippen MR) is 79.2 cm³/mol. The van der Waals surface area contributed by atoms with Gasteiger partial charge in [0.25, 0.3) is 0 Å². The molecule has 1 N–H and O–H groups in total. The first kappa shape index (κ1) is 13.4. The summed E-state index contributed by atoms with van der Waals surface area (Å²) in [6.45, 7) is 4.75. The van der Waals surface area contributed by atoms with Crippen molar-refractivity contribution in [3.63, 3.8) is 0 Å². The fourth-order valence-corrected chi connectivity index (χ4v) is 2.48. The third kappa shape index (κ3) is 2.70. The van der Waals surface area contributed by atoms with Crippen molar-refractivity contribution in [2.75, 3.05) is 5.32 Å². The molecular weight excluding hydrogens is 314 g/mol. The van der Waals surface area contributed by atoms with E-state index in [1.807, 2.05) is 36.9 Å². The van der Waals surface area contributed by atoms with E-state index in [2.05, 4.69) is 33.3 Å². The van der Waals surface area contributed by atoms with Crippen molar-refractivity contribution in [1.82, 2.24) is 9.78 Å². The summed E-state index contributed by atoms with van der Waals surface area (Å²) in [4.78, 5) is 0. The Kier molecular flexibility index (Phi) is 3.97. The highest BCUT2D eigenvalue weighted by Gasteiger charge is 2.10. The normalized spacial score (nSPS) is 10.7. The van der Waals surface area contributed by atoms with Gasteiger partial charge in [-0.25, -0.2) is 0 Å². The maximum Gasteiger partial charge on any atom is 0.0739 e. The van der Waals surface area contributed by atoms with Gasteiger partial charge in [-0.2, -0.15) is 5.10 Å². The van der Waals surface area contributed by atoms with Crippen molar-refractivity contribution < 1.29 is 0 Å². The van der Waals surface area contributed by atoms with Gasteiger partial charge in [0.1, 0.15) is 0 Å². The van der Waals surface area contributed by atoms with Crippen LogP contribution in [0.25, 0.3) is 0 Å². The molecule has 2 aromatic rings. The molecule has 1 aromatic carbocycles. The highest BCUT2D eigenvalue weighted by molar-refractivity contribution is 9.10. The predicted octanol–water partition coefficient (Wildman–Crippen LogP) is 4.06. The van der Waals surface area contributed by atoms with E-state index < -0.39 is 0 Å². The zero-order chi connectivity index (χ0) is 13.3. The van der Waals surface area contributed by atoms with E-state index in [1.54, 1.807) is 0 Å². The topological polar surface area (TPSA) is 29.9 Å². The number of benzene rings is 1. The van der Waals surface area contributed by atoms with Crippen molar-refractivity contribution in [1.29, 1.82) is 0 Å². The van der Waals surface area contributed by atoms with Crippen LogP contribution in [0.3, 0.4) is 0 Å². The Morgan fingerprint density at radius 2 is 2.11 bits per heavy atom. The number of hydrogen-bond donors (Lipinski definition) is 1. The molecule has 0 fully saturated rings. The van der Waals surface area contributed by atoms with Crippen LogP contribution < -0.4 is 5.32 Å². The van der Waals surface area contributed by atoms with Crippen LogP contribution in [0.2, 0.25) is 5.02 Å². The molecule has 0 saturated heterocycles. The molecule has 0 radical (unpaired) electrons. The lowest BCUT2D eigenvalue weighted by molar-refractivity contribution is 0.712. The molecule has 1 aromatic heterocycles. The molecule has 0 spiro atoms. The molecule has 2 rings (SSSR count). The zero-order valence-electron chi connectivity index (χ0n) is 10.6. The standard InChI is InChI=1S/C13H15BrClN3/c1-8-4-5-10(15)6-11(8)16-7-12-13(14)9(2)17-18(12)3/h4-6,16H,7H2,1-3H3. The minimum atomic E-state index is 0.707. The van der Waals surface area contributed by atoms with Gasteiger partial charge in [0.05, 0.1) is 22.4 Å². The molecule has 0 aliphatic heterocycles. The SMILES string of the molecule is Cc1ccc(Cl)cc1NCc1c(Br)c(C)nn1C. The number of hydrogen-bond acceptors (Lipinski definition) is 2. The Labute approximate surface area is 120 Å². The Hall–Kier alpha value is -1.00. The number of rotatable bonds is 3. The van der Waals surface area contributed by atoms with Crippen LogP contribution in [0, 0.1) is 13.8 Å². The van der Waals surface area contributed by atoms with Crippen LogP contribution in [-0.2, 0) is 13.6 Å². The molecule has 0 unspecified atom stereocenters. The summed E-state index contributed by atoms with van der Waals surface area (Å²) in [7, 11) is 1.94. The highest BCUT2D eigenvalue weighted by atomic mass is 79.9. The average molecular weight is 329 g/mol. The van der Waals surface area contributed by atoms with E-state index in [9.17, 15) is 0 Å². The third-order valence-corrected chi connectivity index (χ3v) is 4.17. The van der Waals surface area contributed by atoms with Crippen molar-refractivity contribution >= 4 is 33.2 Å². The van der Waals surface area contributed by atoms with Crippen LogP contribution >= 0.6 is 27.5 Å². The first-order valence-corrected chi connectivity index (χ1v) is 6.84. The smallest absolute Gasteiger partial charge is 0.0739 e. The first-order chi connectivity index (χ1) is 8.49. The molecule has 1 heterocycles. The number of nitrogens with zero attached hydrogens (tertiary/aromatic N) is 2. The lowest BCUT2D eigenvalue weighted by Crippen LogP contribution is -2.06. The number of halogens is 2. The molecule has 18 heavy (non-hydrogen) atoms. The largest absolute Gasteiger partial charge is 0.379 e. The summed E-state index contributed by atoms with van der Waals surface area (Å²) < 4.78 is 2.93. The summed E-state index contributed by atoms with van der Waals surface area (Å²) in [5, 5.41) is 8.50. The first-order valence-electron chi connectivity index (χ1n) is 5.67. The number of nitrogens with one attached hydrogen (secondary N) is 1. The molecule has 0 amide bonds. The second-order valence-corrected chi connectivity index (χ2v) is 5.51. The van der Waals surface area contributed by atoms with Gasteiger partial charge in [-0.1, -0.05) is 17.7 Å². The van der Waals surface area contributed by atoms with Crippen molar-refractivity contribution in [3.05, 3.63) is 44.6 Å². The van der Waals surface area contributed by atoms with Crippen molar-refractivity contribution in [3.8, 4) is 0 Å². The van der Waals surface area contributed by atoms with Crippen LogP contribution in [0.5, 0.6) is 0 Å². The van der Waals surface area contributed by atoms with Crippen LogP contribution in [0.1, 0.15) is 17.0 Å². The summed E-state index contributed by atoms with van der Waals surface area (Å²) >= 11 is 9.56. The minimum Gasteiger partial charge on any atom is -0.379 e. The molecule has 3 nitrogen and oxygen atoms in total. The van der Waals surface area contributed by atoms with Gasteiger partial charge in [0.15, 0.2) is 0 Å². The van der Waals surface area contributed by atoms with Gasteiger partial charge in [-0.05, 0) is 47.5 Å². The molecule has 0 aliphatic carbocycles. The quantitative estimate of drug-likeness (QED) is 0.920. The molecule has 0 saturated carbocycles. The maximum absolute atomic E-state index is 6.00. The van der Waals surface area contributed by atoms with Crippen molar-refractivity contribution in [2.45, 2.75) is 20.4 Å². The molecule has 0 bridgehead atoms. The second kappa shape index (κ2) is 5.33. The van der Waals surface area contributed by atoms with E-state index in [0.717, 1.165) is 26.6 Å².